The van der Waals surface area contributed by atoms with Gasteiger partial charge in [0, 0.05) is 0 Å². The van der Waals surface area contributed by atoms with Gasteiger partial charge in [-0.3, -0.25) is 0 Å². The lowest BCUT2D eigenvalue weighted by Gasteiger charge is -2.14. The summed E-state index contributed by atoms with van der Waals surface area (Å²) in [6.45, 7) is 1.64. The lowest BCUT2D eigenvalue weighted by Crippen LogP contribution is -2.29. The van der Waals surface area contributed by atoms with Crippen LogP contribution in [0.5, 0.6) is 5.75 Å². The minimum Gasteiger partial charge on any atom is -0.491 e. The molecule has 0 unspecified atom stereocenters. The molecule has 1 rings (SSSR count). The number of ether oxygens (including phenoxy) is 1. The monoisotopic (exact) mass is 182 g/mol. The molecule has 1 aromatic rings. The maximum atomic E-state index is 9.21. The Kier molecular flexibility index (Phi) is 3.73. The average Bonchev–Trinajstić information content (AvgIpc) is 2.15. The SMILES string of the molecule is C[C@@H](O)[C@H](O)COc1ccccc1. The quantitative estimate of drug-likeness (QED) is 0.724. The van der Waals surface area contributed by atoms with Gasteiger partial charge in [-0.05, 0) is 19.1 Å². The van der Waals surface area contributed by atoms with Gasteiger partial charge in [0.25, 0.3) is 0 Å². The molecule has 0 aliphatic rings. The van der Waals surface area contributed by atoms with Crippen molar-refractivity contribution in [3.05, 3.63) is 30.3 Å². The van der Waals surface area contributed by atoms with Gasteiger partial charge in [-0.1, -0.05) is 18.2 Å². The summed E-state index contributed by atoms with van der Waals surface area (Å²) in [5.74, 6) is 0.696. The summed E-state index contributed by atoms with van der Waals surface area (Å²) in [6.07, 6.45) is -1.59. The molecular weight excluding hydrogens is 168 g/mol. The third-order valence-corrected chi connectivity index (χ3v) is 1.72. The van der Waals surface area contributed by atoms with E-state index < -0.39 is 12.2 Å². The van der Waals surface area contributed by atoms with Crippen LogP contribution in [-0.4, -0.2) is 29.0 Å². The number of rotatable bonds is 4. The van der Waals surface area contributed by atoms with Gasteiger partial charge < -0.3 is 14.9 Å². The molecule has 0 spiro atoms. The summed E-state index contributed by atoms with van der Waals surface area (Å²) in [5.41, 5.74) is 0. The predicted octanol–water partition coefficient (Wildman–Crippen LogP) is 0.807. The summed E-state index contributed by atoms with van der Waals surface area (Å²) in [6, 6.07) is 9.19. The first kappa shape index (κ1) is 10.0. The summed E-state index contributed by atoms with van der Waals surface area (Å²) in [7, 11) is 0. The van der Waals surface area contributed by atoms with E-state index in [1.807, 2.05) is 18.2 Å². The highest BCUT2D eigenvalue weighted by Crippen LogP contribution is 2.08. The van der Waals surface area contributed by atoms with Crippen LogP contribution in [0.1, 0.15) is 6.92 Å². The van der Waals surface area contributed by atoms with Crippen LogP contribution in [0.25, 0.3) is 0 Å². The van der Waals surface area contributed by atoms with Crippen LogP contribution in [0.2, 0.25) is 0 Å². The Morgan fingerprint density at radius 3 is 2.38 bits per heavy atom. The number of aliphatic hydroxyl groups excluding tert-OH is 2. The third kappa shape index (κ3) is 3.44. The smallest absolute Gasteiger partial charge is 0.119 e. The van der Waals surface area contributed by atoms with E-state index in [2.05, 4.69) is 0 Å². The van der Waals surface area contributed by atoms with E-state index in [-0.39, 0.29) is 6.61 Å². The van der Waals surface area contributed by atoms with E-state index in [4.69, 9.17) is 9.84 Å². The largest absolute Gasteiger partial charge is 0.491 e. The number of benzene rings is 1. The predicted molar refractivity (Wildman–Crippen MR) is 49.6 cm³/mol. The maximum absolute atomic E-state index is 9.21. The van der Waals surface area contributed by atoms with E-state index in [0.717, 1.165) is 0 Å². The van der Waals surface area contributed by atoms with Crippen molar-refractivity contribution in [2.24, 2.45) is 0 Å². The molecule has 2 atom stereocenters. The van der Waals surface area contributed by atoms with Crippen molar-refractivity contribution in [1.29, 1.82) is 0 Å². The topological polar surface area (TPSA) is 49.7 Å². The Morgan fingerprint density at radius 2 is 1.85 bits per heavy atom. The molecule has 3 heteroatoms. The van der Waals surface area contributed by atoms with Gasteiger partial charge in [-0.2, -0.15) is 0 Å². The highest BCUT2D eigenvalue weighted by atomic mass is 16.5. The van der Waals surface area contributed by atoms with E-state index in [0.29, 0.717) is 5.75 Å². The van der Waals surface area contributed by atoms with Gasteiger partial charge in [-0.15, -0.1) is 0 Å². The molecule has 0 radical (unpaired) electrons. The molecular formula is C10H14O3. The molecule has 13 heavy (non-hydrogen) atoms. The molecule has 0 saturated carbocycles. The lowest BCUT2D eigenvalue weighted by atomic mass is 10.2. The minimum atomic E-state index is -0.833. The Morgan fingerprint density at radius 1 is 1.23 bits per heavy atom. The number of para-hydroxylation sites is 1. The zero-order valence-corrected chi connectivity index (χ0v) is 7.55. The van der Waals surface area contributed by atoms with Crippen molar-refractivity contribution in [3.8, 4) is 5.75 Å². The van der Waals surface area contributed by atoms with Gasteiger partial charge in [0.1, 0.15) is 18.5 Å². The van der Waals surface area contributed by atoms with E-state index in [9.17, 15) is 5.11 Å². The third-order valence-electron chi connectivity index (χ3n) is 1.72. The summed E-state index contributed by atoms with van der Waals surface area (Å²) >= 11 is 0. The first-order valence-corrected chi connectivity index (χ1v) is 4.24. The molecule has 0 aromatic heterocycles. The van der Waals surface area contributed by atoms with Crippen molar-refractivity contribution in [2.75, 3.05) is 6.61 Å². The minimum absolute atomic E-state index is 0.113. The van der Waals surface area contributed by atoms with Gasteiger partial charge >= 0.3 is 0 Å². The maximum Gasteiger partial charge on any atom is 0.119 e. The van der Waals surface area contributed by atoms with Crippen LogP contribution in [-0.2, 0) is 0 Å². The van der Waals surface area contributed by atoms with Gasteiger partial charge in [0.2, 0.25) is 0 Å². The molecule has 0 fully saturated rings. The molecule has 1 aromatic carbocycles. The molecule has 0 heterocycles. The molecule has 0 amide bonds. The zero-order chi connectivity index (χ0) is 9.68. The molecule has 72 valence electrons. The van der Waals surface area contributed by atoms with Crippen molar-refractivity contribution in [3.63, 3.8) is 0 Å². The van der Waals surface area contributed by atoms with Crippen molar-refractivity contribution < 1.29 is 14.9 Å². The standard InChI is InChI=1S/C10H14O3/c1-8(11)10(12)7-13-9-5-3-2-4-6-9/h2-6,8,10-12H,7H2,1H3/t8-,10-/m1/s1. The first-order valence-electron chi connectivity index (χ1n) is 4.24. The molecule has 0 aliphatic carbocycles. The van der Waals surface area contributed by atoms with Crippen molar-refractivity contribution in [1.82, 2.24) is 0 Å². The Bertz CT molecular complexity index is 233. The van der Waals surface area contributed by atoms with E-state index in [1.165, 1.54) is 6.92 Å². The number of hydrogen-bond acceptors (Lipinski definition) is 3. The Labute approximate surface area is 77.6 Å². The fourth-order valence-electron chi connectivity index (χ4n) is 0.838. The lowest BCUT2D eigenvalue weighted by molar-refractivity contribution is 0.00227. The van der Waals surface area contributed by atoms with Crippen molar-refractivity contribution in [2.45, 2.75) is 19.1 Å². The molecule has 2 N–H and O–H groups in total. The highest BCUT2D eigenvalue weighted by molar-refractivity contribution is 5.20. The van der Waals surface area contributed by atoms with Crippen LogP contribution in [0.4, 0.5) is 0 Å². The highest BCUT2D eigenvalue weighted by Gasteiger charge is 2.10. The Balaban J connectivity index is 2.35. The summed E-state index contributed by atoms with van der Waals surface area (Å²) in [5, 5.41) is 18.2. The summed E-state index contributed by atoms with van der Waals surface area (Å²) < 4.78 is 5.22. The molecule has 3 nitrogen and oxygen atoms in total. The normalized spacial score (nSPS) is 15.0. The number of hydrogen-bond donors (Lipinski definition) is 2. The van der Waals surface area contributed by atoms with Gasteiger partial charge in [0.15, 0.2) is 0 Å². The average molecular weight is 182 g/mol. The van der Waals surface area contributed by atoms with E-state index in [1.54, 1.807) is 12.1 Å². The summed E-state index contributed by atoms with van der Waals surface area (Å²) in [4.78, 5) is 0. The van der Waals surface area contributed by atoms with Crippen LogP contribution < -0.4 is 4.74 Å². The second-order valence-electron chi connectivity index (χ2n) is 2.93. The van der Waals surface area contributed by atoms with E-state index >= 15 is 0 Å². The molecule has 0 aliphatic heterocycles. The second kappa shape index (κ2) is 4.84. The number of aliphatic hydroxyl groups is 2. The first-order chi connectivity index (χ1) is 6.20. The van der Waals surface area contributed by atoms with Crippen LogP contribution >= 0.6 is 0 Å². The fraction of sp³-hybridized carbons (Fsp3) is 0.400. The van der Waals surface area contributed by atoms with Gasteiger partial charge in [0.05, 0.1) is 6.10 Å². The Hall–Kier alpha value is -1.06. The molecule has 0 saturated heterocycles. The van der Waals surface area contributed by atoms with Crippen LogP contribution in [0.15, 0.2) is 30.3 Å². The second-order valence-corrected chi connectivity index (χ2v) is 2.93. The van der Waals surface area contributed by atoms with Gasteiger partial charge in [-0.25, -0.2) is 0 Å². The van der Waals surface area contributed by atoms with Crippen molar-refractivity contribution >= 4 is 0 Å². The van der Waals surface area contributed by atoms with Crippen LogP contribution in [0.3, 0.4) is 0 Å². The van der Waals surface area contributed by atoms with Crippen LogP contribution in [0, 0.1) is 0 Å². The fourth-order valence-corrected chi connectivity index (χ4v) is 0.838. The molecule has 0 bridgehead atoms. The zero-order valence-electron chi connectivity index (χ0n) is 7.55.